The first-order chi connectivity index (χ1) is 9.74. The largest absolute Gasteiger partial charge is 0.444 e. The van der Waals surface area contributed by atoms with Crippen LogP contribution in [0.15, 0.2) is 24.3 Å². The standard InChI is InChI=1S/C15H19N3O2S/c1-9-12(21-13(16)17-9)10-5-7-11(8-6-10)18-14(19)20-15(2,3)4/h5-8H,1-4H3,(H2,16,17)(H,18,19). The zero-order valence-electron chi connectivity index (χ0n) is 12.6. The van der Waals surface area contributed by atoms with Crippen molar-refractivity contribution in [2.45, 2.75) is 33.3 Å². The molecule has 21 heavy (non-hydrogen) atoms. The number of nitrogen functional groups attached to an aromatic ring is 1. The van der Waals surface area contributed by atoms with Gasteiger partial charge in [-0.2, -0.15) is 0 Å². The van der Waals surface area contributed by atoms with Crippen molar-refractivity contribution < 1.29 is 9.53 Å². The minimum Gasteiger partial charge on any atom is -0.444 e. The van der Waals surface area contributed by atoms with E-state index in [0.29, 0.717) is 10.8 Å². The van der Waals surface area contributed by atoms with E-state index in [1.165, 1.54) is 11.3 Å². The second-order valence-electron chi connectivity index (χ2n) is 5.67. The zero-order valence-corrected chi connectivity index (χ0v) is 13.4. The molecule has 1 aromatic heterocycles. The molecular formula is C15H19N3O2S. The number of aryl methyl sites for hydroxylation is 1. The number of hydrogen-bond donors (Lipinski definition) is 2. The van der Waals surface area contributed by atoms with Crippen molar-refractivity contribution in [3.05, 3.63) is 30.0 Å². The molecule has 0 unspecified atom stereocenters. The number of hydrogen-bond acceptors (Lipinski definition) is 5. The van der Waals surface area contributed by atoms with Crippen LogP contribution in [0, 0.1) is 6.92 Å². The Kier molecular flexibility index (Phi) is 4.18. The Morgan fingerprint density at radius 3 is 2.38 bits per heavy atom. The molecule has 0 aliphatic heterocycles. The smallest absolute Gasteiger partial charge is 0.412 e. The first kappa shape index (κ1) is 15.3. The van der Waals surface area contributed by atoms with Crippen LogP contribution in [0.4, 0.5) is 15.6 Å². The fourth-order valence-electron chi connectivity index (χ4n) is 1.81. The van der Waals surface area contributed by atoms with Crippen LogP contribution in [0.3, 0.4) is 0 Å². The highest BCUT2D eigenvalue weighted by molar-refractivity contribution is 7.18. The number of rotatable bonds is 2. The van der Waals surface area contributed by atoms with E-state index in [4.69, 9.17) is 10.5 Å². The van der Waals surface area contributed by atoms with Crippen molar-refractivity contribution in [3.8, 4) is 10.4 Å². The molecule has 0 saturated carbocycles. The van der Waals surface area contributed by atoms with E-state index in [0.717, 1.165) is 16.1 Å². The van der Waals surface area contributed by atoms with Crippen molar-refractivity contribution >= 4 is 28.2 Å². The van der Waals surface area contributed by atoms with Gasteiger partial charge in [-0.1, -0.05) is 23.5 Å². The number of amides is 1. The maximum Gasteiger partial charge on any atom is 0.412 e. The van der Waals surface area contributed by atoms with Gasteiger partial charge in [-0.15, -0.1) is 0 Å². The van der Waals surface area contributed by atoms with E-state index in [1.54, 1.807) is 0 Å². The number of carbonyl (C=O) groups excluding carboxylic acids is 1. The Morgan fingerprint density at radius 2 is 1.90 bits per heavy atom. The summed E-state index contributed by atoms with van der Waals surface area (Å²) in [5, 5.41) is 3.25. The summed E-state index contributed by atoms with van der Waals surface area (Å²) in [6.45, 7) is 7.40. The molecule has 0 bridgehead atoms. The number of thiazole rings is 1. The van der Waals surface area contributed by atoms with Gasteiger partial charge in [0.2, 0.25) is 0 Å². The lowest BCUT2D eigenvalue weighted by Crippen LogP contribution is -2.27. The predicted octanol–water partition coefficient (Wildman–Crippen LogP) is 4.05. The number of nitrogens with one attached hydrogen (secondary N) is 1. The van der Waals surface area contributed by atoms with E-state index in [1.807, 2.05) is 52.0 Å². The van der Waals surface area contributed by atoms with Gasteiger partial charge in [-0.05, 0) is 45.4 Å². The fourth-order valence-corrected chi connectivity index (χ4v) is 2.65. The molecule has 1 aromatic carbocycles. The van der Waals surface area contributed by atoms with E-state index in [2.05, 4.69) is 10.3 Å². The first-order valence-electron chi connectivity index (χ1n) is 6.58. The number of anilines is 2. The number of benzene rings is 1. The molecule has 2 aromatic rings. The van der Waals surface area contributed by atoms with E-state index >= 15 is 0 Å². The number of carbonyl (C=O) groups is 1. The van der Waals surface area contributed by atoms with E-state index < -0.39 is 11.7 Å². The minimum absolute atomic E-state index is 0.464. The summed E-state index contributed by atoms with van der Waals surface area (Å²) in [7, 11) is 0. The Labute approximate surface area is 128 Å². The molecular weight excluding hydrogens is 286 g/mol. The maximum atomic E-state index is 11.7. The van der Waals surface area contributed by atoms with Gasteiger partial charge in [0.15, 0.2) is 5.13 Å². The van der Waals surface area contributed by atoms with Crippen LogP contribution in [-0.2, 0) is 4.74 Å². The van der Waals surface area contributed by atoms with Gasteiger partial charge in [0, 0.05) is 5.69 Å². The summed E-state index contributed by atoms with van der Waals surface area (Å²) in [4.78, 5) is 16.9. The summed E-state index contributed by atoms with van der Waals surface area (Å²) in [6.07, 6.45) is -0.464. The highest BCUT2D eigenvalue weighted by Gasteiger charge is 2.16. The molecule has 0 atom stereocenters. The number of ether oxygens (including phenoxy) is 1. The van der Waals surface area contributed by atoms with Crippen molar-refractivity contribution in [2.75, 3.05) is 11.1 Å². The van der Waals surface area contributed by atoms with Gasteiger partial charge in [-0.3, -0.25) is 5.32 Å². The lowest BCUT2D eigenvalue weighted by molar-refractivity contribution is 0.0636. The van der Waals surface area contributed by atoms with Crippen LogP contribution in [0.1, 0.15) is 26.5 Å². The van der Waals surface area contributed by atoms with Gasteiger partial charge in [0.05, 0.1) is 10.6 Å². The monoisotopic (exact) mass is 305 g/mol. The maximum absolute atomic E-state index is 11.7. The third-order valence-corrected chi connectivity index (χ3v) is 3.64. The molecule has 5 nitrogen and oxygen atoms in total. The second-order valence-corrected chi connectivity index (χ2v) is 6.70. The van der Waals surface area contributed by atoms with Gasteiger partial charge in [0.1, 0.15) is 5.60 Å². The van der Waals surface area contributed by atoms with E-state index in [9.17, 15) is 4.79 Å². The lowest BCUT2D eigenvalue weighted by Gasteiger charge is -2.19. The van der Waals surface area contributed by atoms with Crippen LogP contribution in [0.5, 0.6) is 0 Å². The molecule has 6 heteroatoms. The number of nitrogens with zero attached hydrogens (tertiary/aromatic N) is 1. The molecule has 1 heterocycles. The summed E-state index contributed by atoms with van der Waals surface area (Å²) in [5.74, 6) is 0. The Bertz CT molecular complexity index is 642. The molecule has 2 rings (SSSR count). The lowest BCUT2D eigenvalue weighted by atomic mass is 10.1. The molecule has 0 saturated heterocycles. The van der Waals surface area contributed by atoms with Crippen molar-refractivity contribution in [1.82, 2.24) is 4.98 Å². The molecule has 0 aliphatic carbocycles. The van der Waals surface area contributed by atoms with Gasteiger partial charge in [-0.25, -0.2) is 9.78 Å². The quantitative estimate of drug-likeness (QED) is 0.877. The third kappa shape index (κ3) is 4.19. The Morgan fingerprint density at radius 1 is 1.29 bits per heavy atom. The average Bonchev–Trinajstić information content (AvgIpc) is 2.67. The number of aromatic nitrogens is 1. The van der Waals surface area contributed by atoms with Crippen molar-refractivity contribution in [2.24, 2.45) is 0 Å². The average molecular weight is 305 g/mol. The topological polar surface area (TPSA) is 77.2 Å². The molecule has 0 radical (unpaired) electrons. The van der Waals surface area contributed by atoms with Crippen molar-refractivity contribution in [3.63, 3.8) is 0 Å². The second kappa shape index (κ2) is 5.73. The molecule has 0 fully saturated rings. The van der Waals surface area contributed by atoms with Gasteiger partial charge < -0.3 is 10.5 Å². The summed E-state index contributed by atoms with van der Waals surface area (Å²) in [6, 6.07) is 7.50. The molecule has 3 N–H and O–H groups in total. The fraction of sp³-hybridized carbons (Fsp3) is 0.333. The van der Waals surface area contributed by atoms with Gasteiger partial charge in [0.25, 0.3) is 0 Å². The van der Waals surface area contributed by atoms with Crippen LogP contribution < -0.4 is 11.1 Å². The Balaban J connectivity index is 2.09. The number of nitrogens with two attached hydrogens (primary N) is 1. The first-order valence-corrected chi connectivity index (χ1v) is 7.39. The van der Waals surface area contributed by atoms with E-state index in [-0.39, 0.29) is 0 Å². The molecule has 112 valence electrons. The predicted molar refractivity (Wildman–Crippen MR) is 86.6 cm³/mol. The molecule has 0 aliphatic rings. The SMILES string of the molecule is Cc1nc(N)sc1-c1ccc(NC(=O)OC(C)(C)C)cc1. The summed E-state index contributed by atoms with van der Waals surface area (Å²) < 4.78 is 5.20. The summed E-state index contributed by atoms with van der Waals surface area (Å²) in [5.41, 5.74) is 7.81. The van der Waals surface area contributed by atoms with Crippen LogP contribution in [0.25, 0.3) is 10.4 Å². The highest BCUT2D eigenvalue weighted by Crippen LogP contribution is 2.31. The summed E-state index contributed by atoms with van der Waals surface area (Å²) >= 11 is 1.45. The molecule has 0 spiro atoms. The third-order valence-electron chi connectivity index (χ3n) is 2.61. The minimum atomic E-state index is -0.513. The highest BCUT2D eigenvalue weighted by atomic mass is 32.1. The van der Waals surface area contributed by atoms with Gasteiger partial charge >= 0.3 is 6.09 Å². The molecule has 1 amide bonds. The normalized spacial score (nSPS) is 11.2. The Hall–Kier alpha value is -2.08. The van der Waals surface area contributed by atoms with Crippen LogP contribution in [0.2, 0.25) is 0 Å². The van der Waals surface area contributed by atoms with Crippen LogP contribution >= 0.6 is 11.3 Å². The van der Waals surface area contributed by atoms with Crippen molar-refractivity contribution in [1.29, 1.82) is 0 Å². The van der Waals surface area contributed by atoms with Crippen LogP contribution in [-0.4, -0.2) is 16.7 Å². The zero-order chi connectivity index (χ0) is 15.6.